The van der Waals surface area contributed by atoms with E-state index in [1.807, 2.05) is 12.3 Å². The molecule has 0 unspecified atom stereocenters. The van der Waals surface area contributed by atoms with E-state index in [1.165, 1.54) is 29.0 Å². The van der Waals surface area contributed by atoms with Gasteiger partial charge in [0.05, 0.1) is 24.4 Å². The number of hydrogen-bond donors (Lipinski definition) is 1. The molecule has 1 aliphatic heterocycles. The van der Waals surface area contributed by atoms with E-state index in [9.17, 15) is 13.7 Å². The molecule has 3 aromatic heterocycles. The summed E-state index contributed by atoms with van der Waals surface area (Å²) in [6.07, 6.45) is 6.92. The molecule has 3 aromatic rings. The van der Waals surface area contributed by atoms with Crippen LogP contribution in [0.2, 0.25) is 0 Å². The van der Waals surface area contributed by atoms with Crippen LogP contribution in [0.5, 0.6) is 0 Å². The van der Waals surface area contributed by atoms with Crippen LogP contribution in [0.3, 0.4) is 0 Å². The van der Waals surface area contributed by atoms with Gasteiger partial charge >= 0.3 is 0 Å². The molecule has 4 heterocycles. The van der Waals surface area contributed by atoms with Crippen molar-refractivity contribution in [2.24, 2.45) is 0 Å². The number of aromatic nitrogens is 5. The van der Waals surface area contributed by atoms with Gasteiger partial charge in [-0.2, -0.15) is 27.4 Å². The zero-order valence-corrected chi connectivity index (χ0v) is 15.7. The topological polar surface area (TPSA) is 124 Å². The van der Waals surface area contributed by atoms with Crippen molar-refractivity contribution in [2.45, 2.75) is 12.0 Å². The van der Waals surface area contributed by atoms with E-state index < -0.39 is 15.7 Å². The van der Waals surface area contributed by atoms with E-state index in [0.29, 0.717) is 0 Å². The van der Waals surface area contributed by atoms with Gasteiger partial charge in [-0.1, -0.05) is 0 Å². The maximum absolute atomic E-state index is 12.3. The lowest BCUT2D eigenvalue weighted by atomic mass is 9.89. The lowest BCUT2D eigenvalue weighted by Gasteiger charge is -2.48. The van der Waals surface area contributed by atoms with Crippen LogP contribution >= 0.6 is 0 Å². The summed E-state index contributed by atoms with van der Waals surface area (Å²) in [7, 11) is -0.535. The molecule has 0 bridgehead atoms. The van der Waals surface area contributed by atoms with Gasteiger partial charge in [0.15, 0.2) is 0 Å². The van der Waals surface area contributed by atoms with E-state index >= 15 is 0 Å². The number of nitriles is 1. The van der Waals surface area contributed by atoms with Gasteiger partial charge in [-0.3, -0.25) is 4.68 Å². The second kappa shape index (κ2) is 6.12. The minimum absolute atomic E-state index is 0.164. The Balaban J connectivity index is 1.67. The van der Waals surface area contributed by atoms with Gasteiger partial charge in [0.1, 0.15) is 17.5 Å². The third-order valence-electron chi connectivity index (χ3n) is 4.83. The summed E-state index contributed by atoms with van der Waals surface area (Å²) >= 11 is 0. The first kappa shape index (κ1) is 17.6. The van der Waals surface area contributed by atoms with Crippen molar-refractivity contribution >= 4 is 21.2 Å². The van der Waals surface area contributed by atoms with Gasteiger partial charge in [-0.05, 0) is 6.07 Å². The van der Waals surface area contributed by atoms with Crippen molar-refractivity contribution < 1.29 is 8.42 Å². The molecule has 1 fully saturated rings. The van der Waals surface area contributed by atoms with Crippen molar-refractivity contribution in [3.05, 3.63) is 31.0 Å². The maximum Gasteiger partial charge on any atom is 0.281 e. The molecule has 0 radical (unpaired) electrons. The zero-order valence-electron chi connectivity index (χ0n) is 14.9. The molecule has 0 aromatic carbocycles. The Kier molecular flexibility index (Phi) is 3.99. The van der Waals surface area contributed by atoms with Gasteiger partial charge in [0.25, 0.3) is 10.2 Å². The molecule has 0 spiro atoms. The summed E-state index contributed by atoms with van der Waals surface area (Å²) in [6, 6.07) is 4.05. The molecule has 140 valence electrons. The molecule has 0 saturated carbocycles. The summed E-state index contributed by atoms with van der Waals surface area (Å²) < 4.78 is 28.8. The first-order valence-electron chi connectivity index (χ1n) is 8.25. The van der Waals surface area contributed by atoms with Crippen LogP contribution < -0.4 is 0 Å². The number of hydrogen-bond acceptors (Lipinski definition) is 6. The number of rotatable bonds is 5. The van der Waals surface area contributed by atoms with Crippen LogP contribution in [0.1, 0.15) is 6.42 Å². The normalized spacial score (nSPS) is 17.1. The highest BCUT2D eigenvalue weighted by molar-refractivity contribution is 7.86. The number of nitrogens with one attached hydrogen (secondary N) is 1. The minimum Gasteiger partial charge on any atom is -0.346 e. The van der Waals surface area contributed by atoms with Crippen LogP contribution in [-0.4, -0.2) is 68.9 Å². The van der Waals surface area contributed by atoms with Crippen molar-refractivity contribution in [2.75, 3.05) is 27.2 Å². The highest BCUT2D eigenvalue weighted by atomic mass is 32.2. The van der Waals surface area contributed by atoms with Crippen LogP contribution in [0.4, 0.5) is 0 Å². The number of nitrogens with zero attached hydrogens (tertiary/aromatic N) is 7. The predicted molar refractivity (Wildman–Crippen MR) is 97.5 cm³/mol. The molecular formula is C16H18N8O2S. The minimum atomic E-state index is -3.51. The third-order valence-corrected chi connectivity index (χ3v) is 6.67. The Hall–Kier alpha value is -2.81. The van der Waals surface area contributed by atoms with Crippen molar-refractivity contribution in [3.8, 4) is 17.3 Å². The van der Waals surface area contributed by atoms with E-state index in [1.54, 1.807) is 17.1 Å². The molecule has 1 N–H and O–H groups in total. The highest BCUT2D eigenvalue weighted by Crippen LogP contribution is 2.36. The average Bonchev–Trinajstić information content (AvgIpc) is 3.26. The standard InChI is InChI=1S/C16H18N8O2S/c1-22(2)27(25,26)23-9-16(10-23,4-5-17)24-8-12(7-21-24)14-13-3-6-18-15(13)20-11-19-14/h3,6-8,11H,4,9-10H2,1-2H3,(H,18,19,20). The summed E-state index contributed by atoms with van der Waals surface area (Å²) in [4.78, 5) is 11.6. The smallest absolute Gasteiger partial charge is 0.281 e. The first-order chi connectivity index (χ1) is 12.9. The second-order valence-electron chi connectivity index (χ2n) is 6.75. The predicted octanol–water partition coefficient (Wildman–Crippen LogP) is 0.552. The fourth-order valence-electron chi connectivity index (χ4n) is 3.30. The van der Waals surface area contributed by atoms with Gasteiger partial charge in [0, 0.05) is 50.5 Å². The molecule has 0 amide bonds. The molecule has 10 nitrogen and oxygen atoms in total. The molecular weight excluding hydrogens is 368 g/mol. The first-order valence-corrected chi connectivity index (χ1v) is 9.65. The monoisotopic (exact) mass is 386 g/mol. The lowest BCUT2D eigenvalue weighted by molar-refractivity contribution is 0.0675. The molecule has 1 aliphatic rings. The molecule has 1 saturated heterocycles. The molecule has 27 heavy (non-hydrogen) atoms. The number of H-pyrrole nitrogens is 1. The fourth-order valence-corrected chi connectivity index (χ4v) is 4.56. The Bertz CT molecular complexity index is 1130. The summed E-state index contributed by atoms with van der Waals surface area (Å²) in [5, 5.41) is 14.6. The SMILES string of the molecule is CN(C)S(=O)(=O)N1CC(CC#N)(n2cc(-c3ncnc4[nH]ccc34)cn2)C1. The van der Waals surface area contributed by atoms with Crippen LogP contribution in [0.15, 0.2) is 31.0 Å². The Morgan fingerprint density at radius 3 is 2.85 bits per heavy atom. The largest absolute Gasteiger partial charge is 0.346 e. The van der Waals surface area contributed by atoms with E-state index in [2.05, 4.69) is 26.1 Å². The second-order valence-corrected chi connectivity index (χ2v) is 8.90. The fraction of sp³-hybridized carbons (Fsp3) is 0.375. The van der Waals surface area contributed by atoms with Crippen LogP contribution in [0.25, 0.3) is 22.3 Å². The summed E-state index contributed by atoms with van der Waals surface area (Å²) in [5.74, 6) is 0. The van der Waals surface area contributed by atoms with Gasteiger partial charge in [-0.15, -0.1) is 0 Å². The Morgan fingerprint density at radius 1 is 1.37 bits per heavy atom. The Labute approximate surface area is 156 Å². The third kappa shape index (κ3) is 2.69. The van der Waals surface area contributed by atoms with Crippen molar-refractivity contribution in [1.82, 2.24) is 33.3 Å². The zero-order chi connectivity index (χ0) is 19.2. The van der Waals surface area contributed by atoms with Crippen molar-refractivity contribution in [3.63, 3.8) is 0 Å². The van der Waals surface area contributed by atoms with Gasteiger partial charge in [0.2, 0.25) is 0 Å². The van der Waals surface area contributed by atoms with Gasteiger partial charge in [-0.25, -0.2) is 9.97 Å². The van der Waals surface area contributed by atoms with Crippen LogP contribution in [0, 0.1) is 11.3 Å². The molecule has 0 atom stereocenters. The van der Waals surface area contributed by atoms with Crippen molar-refractivity contribution in [1.29, 1.82) is 5.26 Å². The lowest BCUT2D eigenvalue weighted by Crippen LogP contribution is -2.65. The van der Waals surface area contributed by atoms with Gasteiger partial charge < -0.3 is 4.98 Å². The van der Waals surface area contributed by atoms with E-state index in [-0.39, 0.29) is 19.5 Å². The highest BCUT2D eigenvalue weighted by Gasteiger charge is 2.50. The van der Waals surface area contributed by atoms with Crippen LogP contribution in [-0.2, 0) is 15.7 Å². The molecule has 11 heteroatoms. The summed E-state index contributed by atoms with van der Waals surface area (Å²) in [6.45, 7) is 0.400. The Morgan fingerprint density at radius 2 is 2.15 bits per heavy atom. The molecule has 0 aliphatic carbocycles. The van der Waals surface area contributed by atoms with E-state index in [4.69, 9.17) is 0 Å². The molecule has 4 rings (SSSR count). The maximum atomic E-state index is 12.3. The number of aromatic amines is 1. The number of fused-ring (bicyclic) bond motifs is 1. The summed E-state index contributed by atoms with van der Waals surface area (Å²) in [5.41, 5.74) is 1.57. The quantitative estimate of drug-likeness (QED) is 0.683. The van der Waals surface area contributed by atoms with E-state index in [0.717, 1.165) is 22.3 Å². The average molecular weight is 386 g/mol.